The van der Waals surface area contributed by atoms with Crippen LogP contribution in [0.2, 0.25) is 0 Å². The molecule has 1 aliphatic carbocycles. The van der Waals surface area contributed by atoms with Crippen molar-refractivity contribution in [2.75, 3.05) is 24.7 Å². The molecule has 100 valence electrons. The van der Waals surface area contributed by atoms with Crippen molar-refractivity contribution in [1.29, 1.82) is 0 Å². The molecule has 5 heteroatoms. The Morgan fingerprint density at radius 1 is 1.11 bits per heavy atom. The Kier molecular flexibility index (Phi) is 3.43. The number of nitrogens with zero attached hydrogens (tertiary/aromatic N) is 3. The van der Waals surface area contributed by atoms with Gasteiger partial charge in [-0.05, 0) is 19.8 Å². The van der Waals surface area contributed by atoms with Gasteiger partial charge in [0, 0.05) is 19.6 Å². The Morgan fingerprint density at radius 2 is 1.72 bits per heavy atom. The predicted molar refractivity (Wildman–Crippen MR) is 74.5 cm³/mol. The van der Waals surface area contributed by atoms with Crippen molar-refractivity contribution in [2.45, 2.75) is 44.6 Å². The van der Waals surface area contributed by atoms with Crippen molar-refractivity contribution < 1.29 is 0 Å². The number of nitrogens with two attached hydrogens (primary N) is 2. The van der Waals surface area contributed by atoms with Crippen molar-refractivity contribution in [3.05, 3.63) is 11.4 Å². The molecule has 0 unspecified atom stereocenters. The summed E-state index contributed by atoms with van der Waals surface area (Å²) in [5.41, 5.74) is 13.3. The van der Waals surface area contributed by atoms with Gasteiger partial charge in [-0.25, -0.2) is 9.97 Å². The first-order chi connectivity index (χ1) is 8.44. The van der Waals surface area contributed by atoms with E-state index in [2.05, 4.69) is 9.97 Å². The monoisotopic (exact) mass is 249 g/mol. The van der Waals surface area contributed by atoms with E-state index in [1.807, 2.05) is 25.9 Å². The Morgan fingerprint density at radius 3 is 2.28 bits per heavy atom. The lowest BCUT2D eigenvalue weighted by Crippen LogP contribution is -2.41. The van der Waals surface area contributed by atoms with E-state index in [0.29, 0.717) is 11.6 Å². The first kappa shape index (κ1) is 13.1. The van der Waals surface area contributed by atoms with Crippen molar-refractivity contribution in [2.24, 2.45) is 5.73 Å². The van der Waals surface area contributed by atoms with Crippen LogP contribution in [0.5, 0.6) is 0 Å². The summed E-state index contributed by atoms with van der Waals surface area (Å²) in [5, 5.41) is 0. The van der Waals surface area contributed by atoms with Crippen molar-refractivity contribution >= 4 is 11.6 Å². The molecule has 0 radical (unpaired) electrons. The molecule has 1 aromatic rings. The average molecular weight is 249 g/mol. The summed E-state index contributed by atoms with van der Waals surface area (Å²) in [6.45, 7) is 1.86. The van der Waals surface area contributed by atoms with Crippen LogP contribution in [0, 0.1) is 6.92 Å². The first-order valence-corrected chi connectivity index (χ1v) is 6.55. The highest BCUT2D eigenvalue weighted by molar-refractivity contribution is 5.60. The molecule has 1 fully saturated rings. The quantitative estimate of drug-likeness (QED) is 0.831. The summed E-state index contributed by atoms with van der Waals surface area (Å²) < 4.78 is 0. The van der Waals surface area contributed by atoms with E-state index in [-0.39, 0.29) is 5.54 Å². The lowest BCUT2D eigenvalue weighted by Gasteiger charge is -2.36. The normalized spacial score (nSPS) is 18.7. The SMILES string of the molecule is Cc1nc(N)c(C2(N)CCCCC2)c(N(C)C)n1. The highest BCUT2D eigenvalue weighted by atomic mass is 15.2. The Bertz CT molecular complexity index is 435. The number of aryl methyl sites for hydroxylation is 1. The van der Waals surface area contributed by atoms with Gasteiger partial charge in [0.25, 0.3) is 0 Å². The van der Waals surface area contributed by atoms with Gasteiger partial charge in [-0.15, -0.1) is 0 Å². The van der Waals surface area contributed by atoms with E-state index in [1.54, 1.807) is 0 Å². The molecule has 18 heavy (non-hydrogen) atoms. The number of aromatic nitrogens is 2. The average Bonchev–Trinajstić information content (AvgIpc) is 2.28. The van der Waals surface area contributed by atoms with Gasteiger partial charge in [-0.1, -0.05) is 19.3 Å². The van der Waals surface area contributed by atoms with E-state index in [9.17, 15) is 0 Å². The second kappa shape index (κ2) is 4.72. The van der Waals surface area contributed by atoms with Crippen LogP contribution >= 0.6 is 0 Å². The molecule has 4 N–H and O–H groups in total. The molecular weight excluding hydrogens is 226 g/mol. The van der Waals surface area contributed by atoms with Gasteiger partial charge < -0.3 is 16.4 Å². The van der Waals surface area contributed by atoms with Gasteiger partial charge >= 0.3 is 0 Å². The van der Waals surface area contributed by atoms with Gasteiger partial charge in [-0.3, -0.25) is 0 Å². The van der Waals surface area contributed by atoms with Crippen molar-refractivity contribution in [1.82, 2.24) is 9.97 Å². The van der Waals surface area contributed by atoms with Crippen LogP contribution in [-0.4, -0.2) is 24.1 Å². The minimum absolute atomic E-state index is 0.365. The molecule has 1 heterocycles. The molecule has 1 saturated carbocycles. The molecule has 1 aromatic heterocycles. The minimum atomic E-state index is -0.365. The van der Waals surface area contributed by atoms with Crippen LogP contribution in [0.1, 0.15) is 43.5 Å². The largest absolute Gasteiger partial charge is 0.383 e. The summed E-state index contributed by atoms with van der Waals surface area (Å²) in [7, 11) is 3.94. The molecule has 0 aliphatic heterocycles. The summed E-state index contributed by atoms with van der Waals surface area (Å²) in [6, 6.07) is 0. The predicted octanol–water partition coefficient (Wildman–Crippen LogP) is 1.55. The van der Waals surface area contributed by atoms with Gasteiger partial charge in [0.2, 0.25) is 0 Å². The fourth-order valence-electron chi connectivity index (χ4n) is 2.81. The first-order valence-electron chi connectivity index (χ1n) is 6.55. The fraction of sp³-hybridized carbons (Fsp3) is 0.692. The number of hydrogen-bond donors (Lipinski definition) is 2. The third-order valence-electron chi connectivity index (χ3n) is 3.70. The van der Waals surface area contributed by atoms with Gasteiger partial charge in [0.05, 0.1) is 5.56 Å². The highest BCUT2D eigenvalue weighted by Gasteiger charge is 2.35. The third kappa shape index (κ3) is 2.27. The molecule has 0 bridgehead atoms. The zero-order valence-electron chi connectivity index (χ0n) is 11.5. The standard InChI is InChI=1S/C13H23N5/c1-9-16-11(14)10(12(17-9)18(2)3)13(15)7-5-4-6-8-13/h4-8,15H2,1-3H3,(H2,14,16,17). The van der Waals surface area contributed by atoms with Crippen molar-refractivity contribution in [3.8, 4) is 0 Å². The maximum atomic E-state index is 6.58. The van der Waals surface area contributed by atoms with E-state index < -0.39 is 0 Å². The molecule has 0 saturated heterocycles. The lowest BCUT2D eigenvalue weighted by molar-refractivity contribution is 0.302. The summed E-state index contributed by atoms with van der Waals surface area (Å²) >= 11 is 0. The molecule has 2 rings (SSSR count). The van der Waals surface area contributed by atoms with E-state index in [1.165, 1.54) is 6.42 Å². The van der Waals surface area contributed by atoms with E-state index in [0.717, 1.165) is 37.1 Å². The maximum Gasteiger partial charge on any atom is 0.139 e. The third-order valence-corrected chi connectivity index (χ3v) is 3.70. The number of nitrogen functional groups attached to an aromatic ring is 1. The second-order valence-electron chi connectivity index (χ2n) is 5.47. The molecule has 0 spiro atoms. The molecular formula is C13H23N5. The lowest BCUT2D eigenvalue weighted by atomic mass is 9.77. The van der Waals surface area contributed by atoms with Crippen LogP contribution in [0.3, 0.4) is 0 Å². The molecule has 0 amide bonds. The highest BCUT2D eigenvalue weighted by Crippen LogP contribution is 2.40. The fourth-order valence-corrected chi connectivity index (χ4v) is 2.81. The van der Waals surface area contributed by atoms with Gasteiger partial charge in [0.1, 0.15) is 17.5 Å². The summed E-state index contributed by atoms with van der Waals surface area (Å²) in [5.74, 6) is 2.10. The van der Waals surface area contributed by atoms with E-state index in [4.69, 9.17) is 11.5 Å². The smallest absolute Gasteiger partial charge is 0.139 e. The Balaban J connectivity index is 2.54. The van der Waals surface area contributed by atoms with Crippen LogP contribution < -0.4 is 16.4 Å². The Labute approximate surface area is 109 Å². The summed E-state index contributed by atoms with van der Waals surface area (Å²) in [6.07, 6.45) is 5.48. The van der Waals surface area contributed by atoms with Crippen LogP contribution in [0.15, 0.2) is 0 Å². The van der Waals surface area contributed by atoms with Crippen LogP contribution in [0.25, 0.3) is 0 Å². The van der Waals surface area contributed by atoms with Gasteiger partial charge in [-0.2, -0.15) is 0 Å². The van der Waals surface area contributed by atoms with E-state index >= 15 is 0 Å². The number of rotatable bonds is 2. The van der Waals surface area contributed by atoms with Crippen molar-refractivity contribution in [3.63, 3.8) is 0 Å². The van der Waals surface area contributed by atoms with Crippen LogP contribution in [-0.2, 0) is 5.54 Å². The zero-order chi connectivity index (χ0) is 13.3. The number of hydrogen-bond acceptors (Lipinski definition) is 5. The zero-order valence-corrected chi connectivity index (χ0v) is 11.5. The molecule has 0 atom stereocenters. The van der Waals surface area contributed by atoms with Gasteiger partial charge in [0.15, 0.2) is 0 Å². The number of anilines is 2. The van der Waals surface area contributed by atoms with Crippen LogP contribution in [0.4, 0.5) is 11.6 Å². The second-order valence-corrected chi connectivity index (χ2v) is 5.47. The topological polar surface area (TPSA) is 81.1 Å². The minimum Gasteiger partial charge on any atom is -0.383 e. The molecule has 0 aromatic carbocycles. The molecule has 1 aliphatic rings. The molecule has 5 nitrogen and oxygen atoms in total. The summed E-state index contributed by atoms with van der Waals surface area (Å²) in [4.78, 5) is 10.8. The Hall–Kier alpha value is -1.36. The maximum absolute atomic E-state index is 6.58.